The van der Waals surface area contributed by atoms with Gasteiger partial charge < -0.3 is 14.9 Å². The number of aryl methyl sites for hydroxylation is 2. The summed E-state index contributed by atoms with van der Waals surface area (Å²) in [6.07, 6.45) is 3.03. The zero-order valence-corrected chi connectivity index (χ0v) is 13.2. The van der Waals surface area contributed by atoms with Crippen LogP contribution in [0.15, 0.2) is 34.9 Å². The zero-order valence-electron chi connectivity index (χ0n) is 13.2. The first-order chi connectivity index (χ1) is 10.9. The number of carboxylic acid groups (broad SMARTS) is 1. The van der Waals surface area contributed by atoms with Crippen LogP contribution < -0.4 is 5.32 Å². The Morgan fingerprint density at radius 1 is 1.26 bits per heavy atom. The van der Waals surface area contributed by atoms with Crippen molar-refractivity contribution in [2.75, 3.05) is 0 Å². The minimum atomic E-state index is -0.980. The van der Waals surface area contributed by atoms with Crippen molar-refractivity contribution in [1.29, 1.82) is 0 Å². The third kappa shape index (κ3) is 4.06. The van der Waals surface area contributed by atoms with E-state index in [1.807, 2.05) is 13.8 Å². The van der Waals surface area contributed by atoms with E-state index in [4.69, 9.17) is 9.63 Å². The van der Waals surface area contributed by atoms with Gasteiger partial charge in [-0.05, 0) is 44.5 Å². The summed E-state index contributed by atoms with van der Waals surface area (Å²) >= 11 is 0. The third-order valence-corrected chi connectivity index (χ3v) is 3.47. The first-order valence-corrected chi connectivity index (χ1v) is 7.13. The molecule has 0 saturated heterocycles. The maximum absolute atomic E-state index is 12.0. The number of aromatic nitrogens is 1. The molecule has 1 heterocycles. The second-order valence-corrected chi connectivity index (χ2v) is 5.23. The zero-order chi connectivity index (χ0) is 17.0. The summed E-state index contributed by atoms with van der Waals surface area (Å²) in [5, 5.41) is 15.5. The molecule has 1 atom stereocenters. The highest BCUT2D eigenvalue weighted by Gasteiger charge is 2.17. The first-order valence-electron chi connectivity index (χ1n) is 7.13. The predicted octanol–water partition coefficient (Wildman–Crippen LogP) is 2.88. The molecule has 0 aliphatic heterocycles. The summed E-state index contributed by atoms with van der Waals surface area (Å²) in [6, 6.07) is 6.06. The van der Waals surface area contributed by atoms with E-state index in [2.05, 4.69) is 10.5 Å². The van der Waals surface area contributed by atoms with Crippen LogP contribution in [0, 0.1) is 13.8 Å². The summed E-state index contributed by atoms with van der Waals surface area (Å²) in [4.78, 5) is 22.7. The van der Waals surface area contributed by atoms with Crippen LogP contribution in [0.1, 0.15) is 45.9 Å². The number of benzene rings is 1. The summed E-state index contributed by atoms with van der Waals surface area (Å²) in [5.41, 5.74) is 2.58. The second-order valence-electron chi connectivity index (χ2n) is 5.23. The van der Waals surface area contributed by atoms with Crippen LogP contribution in [0.3, 0.4) is 0 Å². The van der Waals surface area contributed by atoms with Gasteiger partial charge in [-0.1, -0.05) is 17.3 Å². The fraction of sp³-hybridized carbons (Fsp3) is 0.235. The van der Waals surface area contributed by atoms with Gasteiger partial charge in [0, 0.05) is 11.6 Å². The Morgan fingerprint density at radius 3 is 2.43 bits per heavy atom. The van der Waals surface area contributed by atoms with Gasteiger partial charge in [-0.25, -0.2) is 4.79 Å². The van der Waals surface area contributed by atoms with Gasteiger partial charge >= 0.3 is 5.97 Å². The number of rotatable bonds is 5. The molecule has 2 aromatic rings. The predicted molar refractivity (Wildman–Crippen MR) is 85.0 cm³/mol. The molecule has 1 aromatic heterocycles. The first kappa shape index (κ1) is 16.5. The molecule has 120 valence electrons. The van der Waals surface area contributed by atoms with Gasteiger partial charge in [0.25, 0.3) is 0 Å². The number of hydrogen-bond acceptors (Lipinski definition) is 4. The lowest BCUT2D eigenvalue weighted by Crippen LogP contribution is -2.25. The van der Waals surface area contributed by atoms with Gasteiger partial charge in [-0.2, -0.15) is 0 Å². The molecule has 1 aromatic carbocycles. The summed E-state index contributed by atoms with van der Waals surface area (Å²) in [5.74, 6) is -0.546. The maximum Gasteiger partial charge on any atom is 0.335 e. The highest BCUT2D eigenvalue weighted by atomic mass is 16.5. The molecule has 0 aliphatic rings. The highest BCUT2D eigenvalue weighted by molar-refractivity contribution is 5.92. The topological polar surface area (TPSA) is 92.4 Å². The molecule has 0 radical (unpaired) electrons. The summed E-state index contributed by atoms with van der Waals surface area (Å²) < 4.78 is 5.09. The Bertz CT molecular complexity index is 725. The lowest BCUT2D eigenvalue weighted by Gasteiger charge is -2.11. The lowest BCUT2D eigenvalue weighted by molar-refractivity contribution is -0.117. The Balaban J connectivity index is 2.00. The van der Waals surface area contributed by atoms with E-state index in [1.54, 1.807) is 25.1 Å². The average molecular weight is 314 g/mol. The molecular formula is C17H18N2O4. The molecule has 2 rings (SSSR count). The molecule has 2 N–H and O–H groups in total. The molecule has 1 amide bonds. The smallest absolute Gasteiger partial charge is 0.335 e. The van der Waals surface area contributed by atoms with Crippen LogP contribution in [0.2, 0.25) is 0 Å². The van der Waals surface area contributed by atoms with Crippen LogP contribution in [0.4, 0.5) is 0 Å². The second kappa shape index (κ2) is 6.91. The molecule has 0 bridgehead atoms. The number of carboxylic acids is 1. The molecule has 0 fully saturated rings. The number of nitrogens with one attached hydrogen (secondary N) is 1. The third-order valence-electron chi connectivity index (χ3n) is 3.47. The molecule has 0 unspecified atom stereocenters. The van der Waals surface area contributed by atoms with Gasteiger partial charge in [0.1, 0.15) is 5.76 Å². The summed E-state index contributed by atoms with van der Waals surface area (Å²) in [6.45, 7) is 5.49. The maximum atomic E-state index is 12.0. The Labute approximate surface area is 133 Å². The van der Waals surface area contributed by atoms with E-state index in [1.165, 1.54) is 18.2 Å². The van der Waals surface area contributed by atoms with Gasteiger partial charge in [-0.3, -0.25) is 4.79 Å². The van der Waals surface area contributed by atoms with Gasteiger partial charge in [0.15, 0.2) is 0 Å². The molecule has 0 saturated carbocycles. The van der Waals surface area contributed by atoms with Crippen molar-refractivity contribution in [3.05, 3.63) is 58.5 Å². The number of amides is 1. The van der Waals surface area contributed by atoms with Crippen molar-refractivity contribution in [2.45, 2.75) is 26.8 Å². The van der Waals surface area contributed by atoms with Crippen LogP contribution in [-0.4, -0.2) is 22.1 Å². The minimum absolute atomic E-state index is 0.207. The van der Waals surface area contributed by atoms with Crippen LogP contribution in [0.5, 0.6) is 0 Å². The van der Waals surface area contributed by atoms with Gasteiger partial charge in [-0.15, -0.1) is 0 Å². The van der Waals surface area contributed by atoms with Crippen LogP contribution >= 0.6 is 0 Å². The van der Waals surface area contributed by atoms with Crippen molar-refractivity contribution in [2.24, 2.45) is 0 Å². The average Bonchev–Trinajstić information content (AvgIpc) is 2.84. The SMILES string of the molecule is Cc1noc(C)c1[C@@H](C)NC(=O)/C=C/c1ccc(C(=O)O)cc1. The van der Waals surface area contributed by atoms with Gasteiger partial charge in [0.05, 0.1) is 17.3 Å². The molecule has 0 aliphatic carbocycles. The highest BCUT2D eigenvalue weighted by Crippen LogP contribution is 2.20. The van der Waals surface area contributed by atoms with E-state index >= 15 is 0 Å². The normalized spacial score (nSPS) is 12.3. The monoisotopic (exact) mass is 314 g/mol. The summed E-state index contributed by atoms with van der Waals surface area (Å²) in [7, 11) is 0. The van der Waals surface area contributed by atoms with Crippen molar-refractivity contribution in [3.63, 3.8) is 0 Å². The Kier molecular flexibility index (Phi) is 4.95. The van der Waals surface area contributed by atoms with E-state index < -0.39 is 5.97 Å². The van der Waals surface area contributed by atoms with Crippen LogP contribution in [-0.2, 0) is 4.79 Å². The Morgan fingerprint density at radius 2 is 1.91 bits per heavy atom. The fourth-order valence-electron chi connectivity index (χ4n) is 2.35. The quantitative estimate of drug-likeness (QED) is 0.828. The van der Waals surface area contributed by atoms with E-state index in [-0.39, 0.29) is 17.5 Å². The number of aromatic carboxylic acids is 1. The minimum Gasteiger partial charge on any atom is -0.478 e. The van der Waals surface area contributed by atoms with Crippen molar-refractivity contribution in [1.82, 2.24) is 10.5 Å². The van der Waals surface area contributed by atoms with E-state index in [0.717, 1.165) is 16.8 Å². The molecule has 23 heavy (non-hydrogen) atoms. The van der Waals surface area contributed by atoms with Crippen LogP contribution in [0.25, 0.3) is 6.08 Å². The standard InChI is InChI=1S/C17H18N2O4/c1-10(16-11(2)19-23-12(16)3)18-15(20)9-6-13-4-7-14(8-5-13)17(21)22/h4-10H,1-3H3,(H,18,20)(H,21,22)/b9-6+/t10-/m1/s1. The van der Waals surface area contributed by atoms with Crippen molar-refractivity contribution < 1.29 is 19.2 Å². The van der Waals surface area contributed by atoms with Crippen molar-refractivity contribution >= 4 is 18.0 Å². The molecular weight excluding hydrogens is 296 g/mol. The van der Waals surface area contributed by atoms with Gasteiger partial charge in [0.2, 0.25) is 5.91 Å². The number of carbonyl (C=O) groups is 2. The number of nitrogens with zero attached hydrogens (tertiary/aromatic N) is 1. The van der Waals surface area contributed by atoms with E-state index in [0.29, 0.717) is 5.76 Å². The van der Waals surface area contributed by atoms with Crippen molar-refractivity contribution in [3.8, 4) is 0 Å². The molecule has 6 nitrogen and oxygen atoms in total. The number of carbonyl (C=O) groups excluding carboxylic acids is 1. The molecule has 6 heteroatoms. The molecule has 0 spiro atoms. The Hall–Kier alpha value is -2.89. The largest absolute Gasteiger partial charge is 0.478 e. The van der Waals surface area contributed by atoms with E-state index in [9.17, 15) is 9.59 Å². The fourth-order valence-corrected chi connectivity index (χ4v) is 2.35. The number of hydrogen-bond donors (Lipinski definition) is 2. The lowest BCUT2D eigenvalue weighted by atomic mass is 10.1.